The Bertz CT molecular complexity index is 657. The van der Waals surface area contributed by atoms with Gasteiger partial charge in [-0.1, -0.05) is 18.2 Å². The fourth-order valence-corrected chi connectivity index (χ4v) is 10.3. The van der Waals surface area contributed by atoms with Gasteiger partial charge in [0.1, 0.15) is 5.75 Å². The maximum absolute atomic E-state index is 11.7. The van der Waals surface area contributed by atoms with Crippen molar-refractivity contribution < 1.29 is 5.11 Å². The van der Waals surface area contributed by atoms with E-state index in [1.807, 2.05) is 0 Å². The minimum absolute atomic E-state index is 0.317. The van der Waals surface area contributed by atoms with E-state index in [2.05, 4.69) is 18.2 Å². The van der Waals surface area contributed by atoms with Crippen molar-refractivity contribution in [2.75, 3.05) is 0 Å². The average Bonchev–Trinajstić information content (AvgIpc) is 2.59. The topological polar surface area (TPSA) is 20.2 Å². The first kappa shape index (κ1) is 15.9. The lowest BCUT2D eigenvalue weighted by atomic mass is 9.46. The van der Waals surface area contributed by atoms with Crippen LogP contribution in [0.15, 0.2) is 18.2 Å². The molecule has 0 heterocycles. The molecule has 1 aromatic carbocycles. The summed E-state index contributed by atoms with van der Waals surface area (Å²) < 4.78 is 0. The van der Waals surface area contributed by atoms with Crippen LogP contribution < -0.4 is 0 Å². The highest BCUT2D eigenvalue weighted by Crippen LogP contribution is 2.65. The molecule has 0 saturated heterocycles. The van der Waals surface area contributed by atoms with Gasteiger partial charge in [0.15, 0.2) is 0 Å². The summed E-state index contributed by atoms with van der Waals surface area (Å²) in [4.78, 5) is 0. The van der Waals surface area contributed by atoms with Crippen molar-refractivity contribution in [2.45, 2.75) is 87.9 Å². The van der Waals surface area contributed by atoms with Crippen LogP contribution in [-0.2, 0) is 10.8 Å². The van der Waals surface area contributed by atoms with E-state index in [0.717, 1.165) is 41.3 Å². The molecule has 0 atom stereocenters. The number of phenols is 1. The first-order valence-corrected chi connectivity index (χ1v) is 11.9. The largest absolute Gasteiger partial charge is 0.507 e. The minimum Gasteiger partial charge on any atom is -0.507 e. The average molecular weight is 363 g/mol. The maximum Gasteiger partial charge on any atom is 0.123 e. The second-order valence-corrected chi connectivity index (χ2v) is 12.1. The van der Waals surface area contributed by atoms with Gasteiger partial charge in [0.2, 0.25) is 0 Å². The number of aromatic hydroxyl groups is 1. The maximum atomic E-state index is 11.7. The molecular formula is C26H34O. The summed E-state index contributed by atoms with van der Waals surface area (Å²) in [6.45, 7) is 0. The molecule has 1 N–H and O–H groups in total. The minimum atomic E-state index is 0.317. The first-order valence-electron chi connectivity index (χ1n) is 11.9. The predicted octanol–water partition coefficient (Wildman–Crippen LogP) is 6.33. The fourth-order valence-electron chi connectivity index (χ4n) is 10.3. The van der Waals surface area contributed by atoms with Crippen LogP contribution in [0.25, 0.3) is 0 Å². The summed E-state index contributed by atoms with van der Waals surface area (Å²) in [5, 5.41) is 11.7. The lowest BCUT2D eigenvalue weighted by Crippen LogP contribution is -2.50. The van der Waals surface area contributed by atoms with Crippen molar-refractivity contribution in [3.05, 3.63) is 29.3 Å². The second-order valence-electron chi connectivity index (χ2n) is 12.1. The number of para-hydroxylation sites is 1. The van der Waals surface area contributed by atoms with Crippen molar-refractivity contribution in [2.24, 2.45) is 35.5 Å². The van der Waals surface area contributed by atoms with Crippen LogP contribution in [0.3, 0.4) is 0 Å². The molecule has 1 aromatic rings. The van der Waals surface area contributed by atoms with Crippen molar-refractivity contribution in [1.82, 2.24) is 0 Å². The Kier molecular flexibility index (Phi) is 3.02. The predicted molar refractivity (Wildman–Crippen MR) is 108 cm³/mol. The molecule has 0 aromatic heterocycles. The van der Waals surface area contributed by atoms with E-state index in [1.54, 1.807) is 0 Å². The Balaban J connectivity index is 1.33. The molecule has 8 saturated carbocycles. The number of rotatable bonds is 2. The highest BCUT2D eigenvalue weighted by Gasteiger charge is 2.55. The molecule has 8 fully saturated rings. The van der Waals surface area contributed by atoms with E-state index < -0.39 is 0 Å². The molecule has 144 valence electrons. The van der Waals surface area contributed by atoms with Crippen LogP contribution in [-0.4, -0.2) is 5.11 Å². The third-order valence-corrected chi connectivity index (χ3v) is 10.3. The quantitative estimate of drug-likeness (QED) is 0.652. The Morgan fingerprint density at radius 2 is 0.852 bits per heavy atom. The Morgan fingerprint density at radius 3 is 1.15 bits per heavy atom. The summed E-state index contributed by atoms with van der Waals surface area (Å²) in [6.07, 6.45) is 17.0. The molecule has 9 rings (SSSR count). The van der Waals surface area contributed by atoms with Crippen LogP contribution in [0, 0.1) is 35.5 Å². The van der Waals surface area contributed by atoms with Gasteiger partial charge < -0.3 is 5.11 Å². The second kappa shape index (κ2) is 5.14. The van der Waals surface area contributed by atoms with Gasteiger partial charge in [0.05, 0.1) is 0 Å². The Labute approximate surface area is 163 Å². The molecule has 8 aliphatic rings. The molecule has 0 spiro atoms. The van der Waals surface area contributed by atoms with Crippen LogP contribution >= 0.6 is 0 Å². The van der Waals surface area contributed by atoms with Gasteiger partial charge in [0, 0.05) is 11.1 Å². The van der Waals surface area contributed by atoms with E-state index in [0.29, 0.717) is 10.8 Å². The molecule has 8 bridgehead atoms. The van der Waals surface area contributed by atoms with E-state index in [9.17, 15) is 5.11 Å². The summed E-state index contributed by atoms with van der Waals surface area (Å²) in [5.74, 6) is 6.41. The lowest BCUT2D eigenvalue weighted by Gasteiger charge is -2.58. The van der Waals surface area contributed by atoms with Crippen LogP contribution in [0.1, 0.15) is 88.2 Å². The number of hydrogen-bond donors (Lipinski definition) is 1. The monoisotopic (exact) mass is 362 g/mol. The highest BCUT2D eigenvalue weighted by molar-refractivity contribution is 5.50. The van der Waals surface area contributed by atoms with Gasteiger partial charge in [-0.05, 0) is 123 Å². The number of phenolic OH excluding ortho intramolecular Hbond substituents is 1. The van der Waals surface area contributed by atoms with Gasteiger partial charge >= 0.3 is 0 Å². The smallest absolute Gasteiger partial charge is 0.123 e. The molecule has 0 aliphatic heterocycles. The zero-order valence-corrected chi connectivity index (χ0v) is 16.6. The SMILES string of the molecule is Oc1c(C23CC4CC(CC(C4)C2)C3)cccc1C12CC3CC(CC(C3)C1)C2. The molecule has 0 unspecified atom stereocenters. The molecule has 8 aliphatic carbocycles. The molecule has 0 radical (unpaired) electrons. The summed E-state index contributed by atoms with van der Waals surface area (Å²) in [6, 6.07) is 6.97. The standard InChI is InChI=1S/C26H34O/c27-24-22(25-10-16-4-17(11-25)6-18(5-16)12-25)2-1-3-23(24)26-13-19-7-20(14-26)9-21(8-19)15-26/h1-3,16-21,27H,4-15H2. The first-order chi connectivity index (χ1) is 13.1. The number of hydrogen-bond acceptors (Lipinski definition) is 1. The number of benzene rings is 1. The van der Waals surface area contributed by atoms with Crippen molar-refractivity contribution in [1.29, 1.82) is 0 Å². The van der Waals surface area contributed by atoms with Gasteiger partial charge in [-0.15, -0.1) is 0 Å². The zero-order chi connectivity index (χ0) is 17.8. The molecular weight excluding hydrogens is 328 g/mol. The van der Waals surface area contributed by atoms with Gasteiger partial charge in [-0.25, -0.2) is 0 Å². The van der Waals surface area contributed by atoms with Crippen LogP contribution in [0.2, 0.25) is 0 Å². The Morgan fingerprint density at radius 1 is 0.556 bits per heavy atom. The lowest BCUT2D eigenvalue weighted by molar-refractivity contribution is -0.0102. The molecule has 1 nitrogen and oxygen atoms in total. The fraction of sp³-hybridized carbons (Fsp3) is 0.769. The van der Waals surface area contributed by atoms with Gasteiger partial charge in [0.25, 0.3) is 0 Å². The van der Waals surface area contributed by atoms with Crippen LogP contribution in [0.4, 0.5) is 0 Å². The summed E-state index contributed by atoms with van der Waals surface area (Å²) >= 11 is 0. The third kappa shape index (κ3) is 2.12. The molecule has 1 heteroatoms. The van der Waals surface area contributed by atoms with Crippen LogP contribution in [0.5, 0.6) is 5.75 Å². The van der Waals surface area contributed by atoms with Crippen molar-refractivity contribution >= 4 is 0 Å². The van der Waals surface area contributed by atoms with Gasteiger partial charge in [-0.3, -0.25) is 0 Å². The van der Waals surface area contributed by atoms with E-state index in [-0.39, 0.29) is 0 Å². The van der Waals surface area contributed by atoms with E-state index >= 15 is 0 Å². The molecule has 0 amide bonds. The normalized spacial score (nSPS) is 51.9. The Hall–Kier alpha value is -0.980. The highest BCUT2D eigenvalue weighted by atomic mass is 16.3. The zero-order valence-electron chi connectivity index (χ0n) is 16.6. The van der Waals surface area contributed by atoms with Crippen molar-refractivity contribution in [3.8, 4) is 5.75 Å². The van der Waals surface area contributed by atoms with Gasteiger partial charge in [-0.2, -0.15) is 0 Å². The summed E-state index contributed by atoms with van der Waals surface area (Å²) in [7, 11) is 0. The van der Waals surface area contributed by atoms with E-state index in [4.69, 9.17) is 0 Å². The third-order valence-electron chi connectivity index (χ3n) is 10.3. The summed E-state index contributed by atoms with van der Waals surface area (Å²) in [5.41, 5.74) is 3.37. The molecule has 27 heavy (non-hydrogen) atoms. The van der Waals surface area contributed by atoms with E-state index in [1.165, 1.54) is 88.2 Å². The van der Waals surface area contributed by atoms with Crippen molar-refractivity contribution in [3.63, 3.8) is 0 Å².